The Bertz CT molecular complexity index is 1530. The molecular formula is C26H24N4O7S. The first kappa shape index (κ1) is 26.7. The van der Waals surface area contributed by atoms with Crippen molar-refractivity contribution in [3.63, 3.8) is 0 Å². The number of anilines is 1. The van der Waals surface area contributed by atoms with Gasteiger partial charge in [-0.05, 0) is 68.3 Å². The van der Waals surface area contributed by atoms with Crippen molar-refractivity contribution in [3.05, 3.63) is 81.6 Å². The van der Waals surface area contributed by atoms with Gasteiger partial charge in [-0.2, -0.15) is 5.26 Å². The number of nitro groups is 1. The zero-order valence-electron chi connectivity index (χ0n) is 20.3. The van der Waals surface area contributed by atoms with Crippen molar-refractivity contribution in [2.24, 2.45) is 0 Å². The van der Waals surface area contributed by atoms with Gasteiger partial charge in [-0.15, -0.1) is 0 Å². The maximum absolute atomic E-state index is 12.7. The second-order valence-electron chi connectivity index (χ2n) is 8.62. The minimum atomic E-state index is -3.68. The van der Waals surface area contributed by atoms with E-state index < -0.39 is 20.9 Å². The van der Waals surface area contributed by atoms with Gasteiger partial charge in [0.15, 0.2) is 0 Å². The highest BCUT2D eigenvalue weighted by atomic mass is 32.2. The second-order valence-corrected chi connectivity index (χ2v) is 10.3. The highest BCUT2D eigenvalue weighted by molar-refractivity contribution is 7.89. The molecule has 0 bridgehead atoms. The molecule has 3 aromatic rings. The summed E-state index contributed by atoms with van der Waals surface area (Å²) in [6.45, 7) is 2.59. The van der Waals surface area contributed by atoms with Gasteiger partial charge in [0.05, 0.1) is 9.82 Å². The molecule has 1 aliphatic heterocycles. The molecule has 0 spiro atoms. The maximum atomic E-state index is 12.7. The number of rotatable bonds is 8. The molecule has 1 amide bonds. The van der Waals surface area contributed by atoms with Gasteiger partial charge in [0.2, 0.25) is 10.0 Å². The van der Waals surface area contributed by atoms with Gasteiger partial charge in [0.25, 0.3) is 11.6 Å². The van der Waals surface area contributed by atoms with Gasteiger partial charge < -0.3 is 14.5 Å². The van der Waals surface area contributed by atoms with E-state index in [4.69, 9.17) is 9.15 Å². The van der Waals surface area contributed by atoms with Crippen molar-refractivity contribution in [1.29, 1.82) is 5.26 Å². The summed E-state index contributed by atoms with van der Waals surface area (Å²) >= 11 is 0. The van der Waals surface area contributed by atoms with Crippen LogP contribution in [0.2, 0.25) is 0 Å². The lowest BCUT2D eigenvalue weighted by Crippen LogP contribution is -2.38. The fourth-order valence-corrected chi connectivity index (χ4v) is 5.22. The number of nitriles is 1. The zero-order chi connectivity index (χ0) is 27.3. The predicted octanol–water partition coefficient (Wildman–Crippen LogP) is 4.17. The van der Waals surface area contributed by atoms with E-state index in [-0.39, 0.29) is 28.0 Å². The van der Waals surface area contributed by atoms with Gasteiger partial charge in [-0.25, -0.2) is 13.1 Å². The molecule has 11 nitrogen and oxygen atoms in total. The Balaban J connectivity index is 1.45. The lowest BCUT2D eigenvalue weighted by Gasteiger charge is -2.22. The molecule has 1 fully saturated rings. The van der Waals surface area contributed by atoms with Gasteiger partial charge in [-0.1, -0.05) is 0 Å². The van der Waals surface area contributed by atoms with Crippen molar-refractivity contribution >= 4 is 33.4 Å². The number of carbonyl (C=O) groups is 1. The molecule has 1 aromatic heterocycles. The number of nitrogens with zero attached hydrogens (tertiary/aromatic N) is 2. The molecule has 12 heteroatoms. The monoisotopic (exact) mass is 536 g/mol. The summed E-state index contributed by atoms with van der Waals surface area (Å²) in [6.07, 6.45) is 2.51. The fourth-order valence-electron chi connectivity index (χ4n) is 3.91. The highest BCUT2D eigenvalue weighted by Crippen LogP contribution is 2.26. The number of aryl methyl sites for hydroxylation is 1. The zero-order valence-corrected chi connectivity index (χ0v) is 21.2. The number of hydrogen-bond acceptors (Lipinski definition) is 8. The second kappa shape index (κ2) is 11.4. The topological polar surface area (TPSA) is 165 Å². The molecule has 4 rings (SSSR count). The SMILES string of the molecule is Cc1cc(NC(=O)/C(C#N)=C/c2ccc(-c3ccc(S(=O)(=O)NC4CCOCC4)cc3)o2)ccc1[N+](=O)[O-]. The van der Waals surface area contributed by atoms with Crippen molar-refractivity contribution < 1.29 is 27.3 Å². The van der Waals surface area contributed by atoms with Crippen LogP contribution in [-0.4, -0.2) is 38.5 Å². The van der Waals surface area contributed by atoms with E-state index in [2.05, 4.69) is 10.0 Å². The molecule has 196 valence electrons. The van der Waals surface area contributed by atoms with Crippen LogP contribution in [0.3, 0.4) is 0 Å². The normalized spacial score (nSPS) is 14.6. The summed E-state index contributed by atoms with van der Waals surface area (Å²) in [5, 5.41) is 23.0. The van der Waals surface area contributed by atoms with E-state index in [1.807, 2.05) is 6.07 Å². The summed E-state index contributed by atoms with van der Waals surface area (Å²) in [5.41, 5.74) is 0.967. The molecule has 2 heterocycles. The van der Waals surface area contributed by atoms with Gasteiger partial charge >= 0.3 is 0 Å². The first-order valence-electron chi connectivity index (χ1n) is 11.6. The molecule has 0 atom stereocenters. The molecule has 2 aromatic carbocycles. The van der Waals surface area contributed by atoms with Crippen LogP contribution in [0.4, 0.5) is 11.4 Å². The quantitative estimate of drug-likeness (QED) is 0.187. The van der Waals surface area contributed by atoms with E-state index in [9.17, 15) is 28.6 Å². The minimum Gasteiger partial charge on any atom is -0.457 e. The number of benzene rings is 2. The third kappa shape index (κ3) is 6.33. The molecule has 0 radical (unpaired) electrons. The molecule has 0 aliphatic carbocycles. The molecule has 2 N–H and O–H groups in total. The van der Waals surface area contributed by atoms with Crippen LogP contribution in [0.25, 0.3) is 17.4 Å². The van der Waals surface area contributed by atoms with Crippen LogP contribution in [0.5, 0.6) is 0 Å². The summed E-state index contributed by atoms with van der Waals surface area (Å²) < 4.78 is 39.1. The number of furan rings is 1. The van der Waals surface area contributed by atoms with Gasteiger partial charge in [0.1, 0.15) is 23.2 Å². The van der Waals surface area contributed by atoms with E-state index in [1.165, 1.54) is 36.4 Å². The number of amides is 1. The molecule has 0 saturated carbocycles. The first-order valence-corrected chi connectivity index (χ1v) is 13.1. The third-order valence-corrected chi connectivity index (χ3v) is 7.46. The van der Waals surface area contributed by atoms with Crippen molar-refractivity contribution in [3.8, 4) is 17.4 Å². The largest absolute Gasteiger partial charge is 0.457 e. The Hall–Kier alpha value is -4.31. The van der Waals surface area contributed by atoms with Crippen LogP contribution >= 0.6 is 0 Å². The van der Waals surface area contributed by atoms with Crippen LogP contribution in [-0.2, 0) is 19.6 Å². The third-order valence-electron chi connectivity index (χ3n) is 5.92. The Labute approximate surface area is 218 Å². The van der Waals surface area contributed by atoms with E-state index in [1.54, 1.807) is 31.2 Å². The number of sulfonamides is 1. The smallest absolute Gasteiger partial charge is 0.272 e. The minimum absolute atomic E-state index is 0.0802. The van der Waals surface area contributed by atoms with Crippen LogP contribution in [0.1, 0.15) is 24.2 Å². The molecule has 1 saturated heterocycles. The summed E-state index contributed by atoms with van der Waals surface area (Å²) in [7, 11) is -3.68. The Morgan fingerprint density at radius 3 is 2.47 bits per heavy atom. The highest BCUT2D eigenvalue weighted by Gasteiger charge is 2.22. The molecular weight excluding hydrogens is 512 g/mol. The maximum Gasteiger partial charge on any atom is 0.272 e. The Morgan fingerprint density at radius 1 is 1.13 bits per heavy atom. The molecule has 0 unspecified atom stereocenters. The van der Waals surface area contributed by atoms with E-state index in [0.717, 1.165) is 0 Å². The predicted molar refractivity (Wildman–Crippen MR) is 138 cm³/mol. The first-order chi connectivity index (χ1) is 18.2. The summed E-state index contributed by atoms with van der Waals surface area (Å²) in [4.78, 5) is 23.2. The van der Waals surface area contributed by atoms with Gasteiger partial charge in [-0.3, -0.25) is 14.9 Å². The van der Waals surface area contributed by atoms with Crippen LogP contribution < -0.4 is 10.0 Å². The average Bonchev–Trinajstić information content (AvgIpc) is 3.36. The lowest BCUT2D eigenvalue weighted by molar-refractivity contribution is -0.385. The van der Waals surface area contributed by atoms with E-state index in [0.29, 0.717) is 48.6 Å². The van der Waals surface area contributed by atoms with Crippen molar-refractivity contribution in [1.82, 2.24) is 4.72 Å². The fraction of sp³-hybridized carbons (Fsp3) is 0.231. The van der Waals surface area contributed by atoms with Crippen LogP contribution in [0.15, 0.2) is 69.5 Å². The number of nitrogens with one attached hydrogen (secondary N) is 2. The van der Waals surface area contributed by atoms with E-state index >= 15 is 0 Å². The summed E-state index contributed by atoms with van der Waals surface area (Å²) in [5.74, 6) is -0.0453. The molecule has 1 aliphatic rings. The van der Waals surface area contributed by atoms with Crippen LogP contribution in [0, 0.1) is 28.4 Å². The van der Waals surface area contributed by atoms with Crippen molar-refractivity contribution in [2.45, 2.75) is 30.7 Å². The lowest BCUT2D eigenvalue weighted by atomic mass is 10.1. The average molecular weight is 537 g/mol. The number of ether oxygens (including phenoxy) is 1. The van der Waals surface area contributed by atoms with Gasteiger partial charge in [0, 0.05) is 48.2 Å². The Morgan fingerprint density at radius 2 is 1.84 bits per heavy atom. The number of hydrogen-bond donors (Lipinski definition) is 2. The molecule has 38 heavy (non-hydrogen) atoms. The number of nitro benzene ring substituents is 1. The summed E-state index contributed by atoms with van der Waals surface area (Å²) in [6, 6.07) is 15.2. The number of carbonyl (C=O) groups excluding carboxylic acids is 1. The Kier molecular flexibility index (Phi) is 8.02. The standard InChI is InChI=1S/C26H24N4O7S/c1-17-14-21(4-8-24(17)30(32)33)28-26(31)19(16-27)15-22-5-9-25(37-22)18-2-6-23(7-3-18)38(34,35)29-20-10-12-36-13-11-20/h2-9,14-15,20,29H,10-13H2,1H3,(H,28,31)/b19-15+. The van der Waals surface area contributed by atoms with Crippen molar-refractivity contribution in [2.75, 3.05) is 18.5 Å².